The average Bonchev–Trinajstić information content (AvgIpc) is 2.43. The highest BCUT2D eigenvalue weighted by molar-refractivity contribution is 5.76. The Balaban J connectivity index is 1.68. The van der Waals surface area contributed by atoms with Gasteiger partial charge < -0.3 is 9.80 Å². The van der Waals surface area contributed by atoms with Gasteiger partial charge in [-0.05, 0) is 36.5 Å². The molecule has 3 heteroatoms. The molecule has 2 rings (SSSR count). The summed E-state index contributed by atoms with van der Waals surface area (Å²) in [5, 5.41) is 0. The zero-order valence-electron chi connectivity index (χ0n) is 14.5. The second kappa shape index (κ2) is 7.13. The Hall–Kier alpha value is -0.570. The number of rotatable bonds is 6. The minimum Gasteiger partial charge on any atom is -0.343 e. The lowest BCUT2D eigenvalue weighted by molar-refractivity contribution is -0.136. The number of likely N-dealkylation sites (tertiary alicyclic amines) is 2. The van der Waals surface area contributed by atoms with Gasteiger partial charge >= 0.3 is 0 Å². The van der Waals surface area contributed by atoms with Gasteiger partial charge in [0.25, 0.3) is 0 Å². The summed E-state index contributed by atoms with van der Waals surface area (Å²) in [5.41, 5.74) is 0.544. The first-order valence-corrected chi connectivity index (χ1v) is 8.94. The fourth-order valence-electron chi connectivity index (χ4n) is 3.83. The maximum Gasteiger partial charge on any atom is 0.222 e. The minimum atomic E-state index is 0.392. The number of hydrogen-bond acceptors (Lipinski definition) is 2. The van der Waals surface area contributed by atoms with Crippen molar-refractivity contribution in [2.75, 3.05) is 32.7 Å². The van der Waals surface area contributed by atoms with E-state index in [0.29, 0.717) is 17.2 Å². The molecule has 0 bridgehead atoms. The van der Waals surface area contributed by atoms with Gasteiger partial charge in [-0.25, -0.2) is 0 Å². The van der Waals surface area contributed by atoms with E-state index in [2.05, 4.69) is 37.5 Å². The van der Waals surface area contributed by atoms with Crippen LogP contribution in [0, 0.1) is 17.3 Å². The third-order valence-electron chi connectivity index (χ3n) is 5.47. The van der Waals surface area contributed by atoms with Gasteiger partial charge in [0.2, 0.25) is 5.91 Å². The molecule has 0 aliphatic carbocycles. The Kier molecular flexibility index (Phi) is 5.70. The lowest BCUT2D eigenvalue weighted by Crippen LogP contribution is -2.61. The van der Waals surface area contributed by atoms with Gasteiger partial charge in [-0.3, -0.25) is 4.79 Å². The highest BCUT2D eigenvalue weighted by atomic mass is 16.2. The second-order valence-electron chi connectivity index (χ2n) is 8.00. The van der Waals surface area contributed by atoms with Crippen molar-refractivity contribution in [2.24, 2.45) is 17.3 Å². The number of carbonyl (C=O) groups excluding carboxylic acids is 1. The first-order chi connectivity index (χ1) is 9.94. The van der Waals surface area contributed by atoms with Gasteiger partial charge in [-0.1, -0.05) is 34.1 Å². The maximum absolute atomic E-state index is 12.3. The Labute approximate surface area is 131 Å². The van der Waals surface area contributed by atoms with Gasteiger partial charge in [0, 0.05) is 39.1 Å². The van der Waals surface area contributed by atoms with E-state index in [4.69, 9.17) is 0 Å². The van der Waals surface area contributed by atoms with Crippen LogP contribution in [0.1, 0.15) is 59.8 Å². The number of carbonyl (C=O) groups is 1. The van der Waals surface area contributed by atoms with Gasteiger partial charge in [-0.2, -0.15) is 0 Å². The molecule has 21 heavy (non-hydrogen) atoms. The van der Waals surface area contributed by atoms with Crippen LogP contribution in [0.25, 0.3) is 0 Å². The Morgan fingerprint density at radius 1 is 1.14 bits per heavy atom. The third-order valence-corrected chi connectivity index (χ3v) is 5.47. The van der Waals surface area contributed by atoms with E-state index in [1.807, 2.05) is 0 Å². The summed E-state index contributed by atoms with van der Waals surface area (Å²) >= 11 is 0. The molecule has 122 valence electrons. The monoisotopic (exact) mass is 294 g/mol. The van der Waals surface area contributed by atoms with E-state index in [0.717, 1.165) is 31.8 Å². The molecule has 2 heterocycles. The van der Waals surface area contributed by atoms with Crippen LogP contribution in [0.15, 0.2) is 0 Å². The third kappa shape index (κ3) is 4.45. The molecular weight excluding hydrogens is 260 g/mol. The van der Waals surface area contributed by atoms with Crippen molar-refractivity contribution in [3.63, 3.8) is 0 Å². The number of hydrogen-bond donors (Lipinski definition) is 0. The Bertz CT molecular complexity index is 337. The summed E-state index contributed by atoms with van der Waals surface area (Å²) in [7, 11) is 0. The van der Waals surface area contributed by atoms with E-state index in [-0.39, 0.29) is 0 Å². The summed E-state index contributed by atoms with van der Waals surface area (Å²) in [6.07, 6.45) is 5.43. The average molecular weight is 294 g/mol. The standard InChI is InChI=1S/C18H34N2O/c1-5-16(4)6-7-17(21)20-10-8-18(9-11-20)13-19(14-18)12-15(2)3/h15-16H,5-14H2,1-4H3. The van der Waals surface area contributed by atoms with Crippen LogP contribution in [0.3, 0.4) is 0 Å². The van der Waals surface area contributed by atoms with Gasteiger partial charge in [-0.15, -0.1) is 0 Å². The molecule has 0 aromatic rings. The summed E-state index contributed by atoms with van der Waals surface area (Å²) < 4.78 is 0. The molecule has 2 aliphatic heterocycles. The van der Waals surface area contributed by atoms with E-state index < -0.39 is 0 Å². The van der Waals surface area contributed by atoms with Crippen LogP contribution < -0.4 is 0 Å². The second-order valence-corrected chi connectivity index (χ2v) is 8.00. The molecule has 0 saturated carbocycles. The topological polar surface area (TPSA) is 23.6 Å². The maximum atomic E-state index is 12.3. The van der Waals surface area contributed by atoms with Crippen molar-refractivity contribution in [1.82, 2.24) is 9.80 Å². The fourth-order valence-corrected chi connectivity index (χ4v) is 3.83. The fraction of sp³-hybridized carbons (Fsp3) is 0.944. The van der Waals surface area contributed by atoms with Crippen LogP contribution in [0.4, 0.5) is 0 Å². The molecule has 0 aromatic carbocycles. The smallest absolute Gasteiger partial charge is 0.222 e. The molecule has 0 radical (unpaired) electrons. The Morgan fingerprint density at radius 2 is 1.76 bits per heavy atom. The molecule has 1 spiro atoms. The van der Waals surface area contributed by atoms with E-state index in [9.17, 15) is 4.79 Å². The van der Waals surface area contributed by atoms with Crippen molar-refractivity contribution in [3.8, 4) is 0 Å². The van der Waals surface area contributed by atoms with Crippen molar-refractivity contribution < 1.29 is 4.79 Å². The molecule has 2 fully saturated rings. The highest BCUT2D eigenvalue weighted by Crippen LogP contribution is 2.40. The first-order valence-electron chi connectivity index (χ1n) is 8.94. The largest absolute Gasteiger partial charge is 0.343 e. The van der Waals surface area contributed by atoms with Crippen LogP contribution >= 0.6 is 0 Å². The summed E-state index contributed by atoms with van der Waals surface area (Å²) in [4.78, 5) is 17.0. The molecule has 3 nitrogen and oxygen atoms in total. The molecule has 1 unspecified atom stereocenters. The molecule has 1 amide bonds. The number of piperidine rings is 1. The van der Waals surface area contributed by atoms with Crippen LogP contribution in [0.5, 0.6) is 0 Å². The summed E-state index contributed by atoms with van der Waals surface area (Å²) in [5.74, 6) is 1.84. The Morgan fingerprint density at radius 3 is 2.29 bits per heavy atom. The summed E-state index contributed by atoms with van der Waals surface area (Å²) in [6, 6.07) is 0. The SMILES string of the molecule is CCC(C)CCC(=O)N1CCC2(CC1)CN(CC(C)C)C2. The number of amides is 1. The predicted molar refractivity (Wildman–Crippen MR) is 88.2 cm³/mol. The van der Waals surface area contributed by atoms with Crippen LogP contribution in [0.2, 0.25) is 0 Å². The summed E-state index contributed by atoms with van der Waals surface area (Å²) in [6.45, 7) is 14.8. The highest BCUT2D eigenvalue weighted by Gasteiger charge is 2.45. The van der Waals surface area contributed by atoms with Crippen LogP contribution in [-0.4, -0.2) is 48.4 Å². The van der Waals surface area contributed by atoms with Gasteiger partial charge in [0.05, 0.1) is 0 Å². The van der Waals surface area contributed by atoms with E-state index in [1.54, 1.807) is 0 Å². The van der Waals surface area contributed by atoms with E-state index >= 15 is 0 Å². The first kappa shape index (κ1) is 16.8. The number of nitrogens with zero attached hydrogens (tertiary/aromatic N) is 2. The van der Waals surface area contributed by atoms with Crippen molar-refractivity contribution in [1.29, 1.82) is 0 Å². The van der Waals surface area contributed by atoms with Gasteiger partial charge in [0.15, 0.2) is 0 Å². The molecule has 0 aromatic heterocycles. The van der Waals surface area contributed by atoms with Crippen molar-refractivity contribution >= 4 is 5.91 Å². The van der Waals surface area contributed by atoms with Crippen molar-refractivity contribution in [3.05, 3.63) is 0 Å². The minimum absolute atomic E-state index is 0.392. The lowest BCUT2D eigenvalue weighted by atomic mass is 9.71. The normalized spacial score (nSPS) is 23.4. The zero-order valence-corrected chi connectivity index (χ0v) is 14.5. The molecule has 0 N–H and O–H groups in total. The lowest BCUT2D eigenvalue weighted by Gasteiger charge is -2.54. The predicted octanol–water partition coefficient (Wildman–Crippen LogP) is 3.39. The molecule has 2 aliphatic rings. The van der Waals surface area contributed by atoms with Gasteiger partial charge in [0.1, 0.15) is 0 Å². The molecule has 1 atom stereocenters. The van der Waals surface area contributed by atoms with Crippen molar-refractivity contribution in [2.45, 2.75) is 59.8 Å². The quantitative estimate of drug-likeness (QED) is 0.749. The zero-order chi connectivity index (χ0) is 15.5. The molecular formula is C18H34N2O. The molecule has 2 saturated heterocycles. The van der Waals surface area contributed by atoms with E-state index in [1.165, 1.54) is 38.9 Å². The van der Waals surface area contributed by atoms with Crippen LogP contribution in [-0.2, 0) is 4.79 Å².